The van der Waals surface area contributed by atoms with Gasteiger partial charge in [0.15, 0.2) is 8.67 Å². The van der Waals surface area contributed by atoms with E-state index in [1.807, 2.05) is 0 Å². The monoisotopic (exact) mass is 640 g/mol. The molecule has 0 aliphatic heterocycles. The van der Waals surface area contributed by atoms with Gasteiger partial charge in [0.05, 0.1) is 20.1 Å². The predicted octanol–water partition coefficient (Wildman–Crippen LogP) is 9.40. The van der Waals surface area contributed by atoms with Crippen LogP contribution in [0.5, 0.6) is 0 Å². The molecule has 0 aromatic heterocycles. The van der Waals surface area contributed by atoms with Crippen LogP contribution in [-0.2, 0) is 0 Å². The Morgan fingerprint density at radius 2 is 0.533 bits per heavy atom. The van der Waals surface area contributed by atoms with Gasteiger partial charge in [0.1, 0.15) is 19.5 Å². The first kappa shape index (κ1) is 23.7. The number of hydrogen-bond donors (Lipinski definition) is 0. The van der Waals surface area contributed by atoms with Gasteiger partial charge in [-0.05, 0) is 22.3 Å². The molecule has 5 aliphatic rings. The van der Waals surface area contributed by atoms with Crippen molar-refractivity contribution in [1.82, 2.24) is 0 Å². The molecule has 5 aliphatic carbocycles. The molecule has 4 unspecified atom stereocenters. The molecule has 0 spiro atoms. The zero-order valence-corrected chi connectivity index (χ0v) is 22.9. The van der Waals surface area contributed by atoms with Crippen LogP contribution >= 0.6 is 139 Å². The first-order valence-corrected chi connectivity index (χ1v) is 12.6. The van der Waals surface area contributed by atoms with Crippen molar-refractivity contribution in [1.29, 1.82) is 0 Å². The van der Waals surface area contributed by atoms with Crippen LogP contribution in [0.15, 0.2) is 66.7 Å². The Morgan fingerprint density at radius 3 is 0.700 bits per heavy atom. The van der Waals surface area contributed by atoms with E-state index in [4.69, 9.17) is 139 Å². The molecule has 0 heterocycles. The van der Waals surface area contributed by atoms with Gasteiger partial charge in [-0.25, -0.2) is 0 Å². The number of hydrogen-bond acceptors (Lipinski definition) is 0. The van der Waals surface area contributed by atoms with Crippen molar-refractivity contribution in [2.75, 3.05) is 0 Å². The Labute approximate surface area is 231 Å². The summed E-state index contributed by atoms with van der Waals surface area (Å²) >= 11 is 79.7. The topological polar surface area (TPSA) is 0 Å². The van der Waals surface area contributed by atoms with Gasteiger partial charge in [0.2, 0.25) is 0 Å². The van der Waals surface area contributed by atoms with Gasteiger partial charge in [-0.2, -0.15) is 0 Å². The molecule has 0 amide bonds. The van der Waals surface area contributed by atoms with Crippen LogP contribution in [0.3, 0.4) is 0 Å². The van der Waals surface area contributed by atoms with Gasteiger partial charge in [0.25, 0.3) is 0 Å². The van der Waals surface area contributed by atoms with E-state index in [9.17, 15) is 0 Å². The molecule has 2 saturated carbocycles. The lowest BCUT2D eigenvalue weighted by atomic mass is 9.86. The van der Waals surface area contributed by atoms with Crippen molar-refractivity contribution in [2.24, 2.45) is 0 Å². The zero-order chi connectivity index (χ0) is 22.4. The smallest absolute Gasteiger partial charge is 0.104 e. The lowest BCUT2D eigenvalue weighted by Gasteiger charge is -2.31. The number of halogens is 12. The molecule has 4 atom stereocenters. The predicted molar refractivity (Wildman–Crippen MR) is 133 cm³/mol. The van der Waals surface area contributed by atoms with E-state index in [2.05, 4.69) is 0 Å². The summed E-state index contributed by atoms with van der Waals surface area (Å²) in [5.41, 5.74) is 1.76. The minimum absolute atomic E-state index is 0.0322. The van der Waals surface area contributed by atoms with E-state index in [0.29, 0.717) is 22.3 Å². The highest BCUT2D eigenvalue weighted by Gasteiger charge is 2.80. The molecule has 30 heavy (non-hydrogen) atoms. The number of fused-ring (bicyclic) bond motifs is 10. The highest BCUT2D eigenvalue weighted by atomic mass is 35.5. The van der Waals surface area contributed by atoms with Crippen molar-refractivity contribution in [3.05, 3.63) is 66.7 Å². The number of rotatable bonds is 0. The lowest BCUT2D eigenvalue weighted by Crippen LogP contribution is -2.43. The summed E-state index contributed by atoms with van der Waals surface area (Å²) in [7, 11) is 0. The number of allylic oxidation sites excluding steroid dienone is 12. The summed E-state index contributed by atoms with van der Waals surface area (Å²) in [5, 5.41) is 0.129. The third kappa shape index (κ3) is 2.00. The second-order valence-electron chi connectivity index (χ2n) is 7.36. The summed E-state index contributed by atoms with van der Waals surface area (Å²) in [6, 6.07) is 0. The van der Waals surface area contributed by atoms with E-state index >= 15 is 0 Å². The third-order valence-corrected chi connectivity index (χ3v) is 14.4. The van der Waals surface area contributed by atoms with Crippen molar-refractivity contribution < 1.29 is 0 Å². The van der Waals surface area contributed by atoms with E-state index < -0.39 is 28.2 Å². The molecular formula is C18H4Cl12. The third-order valence-electron chi connectivity index (χ3n) is 6.22. The second kappa shape index (κ2) is 6.37. The Morgan fingerprint density at radius 1 is 0.367 bits per heavy atom. The van der Waals surface area contributed by atoms with Crippen LogP contribution < -0.4 is 0 Å². The summed E-state index contributed by atoms with van der Waals surface area (Å²) in [6.45, 7) is 0. The Bertz CT molecular complexity index is 976. The SMILES string of the molecule is ClC1=C(Cl)C2(Cl)C3=C/C=C4/C(=C\C=C\3C1(Cl)C2(Cl)Cl)C1(Cl)C(Cl)=C(Cl)C4(Cl)C1(Cl)Cl. The van der Waals surface area contributed by atoms with Crippen molar-refractivity contribution >= 4 is 139 Å². The van der Waals surface area contributed by atoms with Crippen LogP contribution in [0.1, 0.15) is 0 Å². The quantitative estimate of drug-likeness (QED) is 0.230. The Kier molecular flexibility index (Phi) is 5.02. The van der Waals surface area contributed by atoms with E-state index in [1.165, 1.54) is 0 Å². The van der Waals surface area contributed by atoms with Gasteiger partial charge in [-0.1, -0.05) is 117 Å². The molecule has 0 aromatic carbocycles. The minimum Gasteiger partial charge on any atom is -0.104 e. The molecule has 4 bridgehead atoms. The maximum atomic E-state index is 6.87. The molecule has 0 N–H and O–H groups in total. The summed E-state index contributed by atoms with van der Waals surface area (Å²) < 4.78 is -3.56. The Hall–Kier alpha value is 1.92. The molecule has 12 heteroatoms. The fourth-order valence-electron chi connectivity index (χ4n) is 4.67. The first-order chi connectivity index (χ1) is 13.6. The lowest BCUT2D eigenvalue weighted by molar-refractivity contribution is 0.719. The fourth-order valence-corrected chi connectivity index (χ4v) is 10.1. The molecular weight excluding hydrogens is 642 g/mol. The van der Waals surface area contributed by atoms with Crippen molar-refractivity contribution in [3.8, 4) is 0 Å². The van der Waals surface area contributed by atoms with Crippen LogP contribution in [-0.4, -0.2) is 28.2 Å². The second-order valence-corrected chi connectivity index (χ2v) is 13.8. The van der Waals surface area contributed by atoms with Crippen LogP contribution in [0.2, 0.25) is 0 Å². The summed E-state index contributed by atoms with van der Waals surface area (Å²) in [6.07, 6.45) is 6.51. The zero-order valence-electron chi connectivity index (χ0n) is 13.8. The highest BCUT2D eigenvalue weighted by molar-refractivity contribution is 6.69. The van der Waals surface area contributed by atoms with Crippen LogP contribution in [0, 0.1) is 0 Å². The average Bonchev–Trinajstić information content (AvgIpc) is 2.96. The summed E-state index contributed by atoms with van der Waals surface area (Å²) in [4.78, 5) is -6.40. The molecule has 0 radical (unpaired) electrons. The van der Waals surface area contributed by atoms with Gasteiger partial charge < -0.3 is 0 Å². The maximum absolute atomic E-state index is 6.87. The van der Waals surface area contributed by atoms with Crippen LogP contribution in [0.4, 0.5) is 0 Å². The summed E-state index contributed by atoms with van der Waals surface area (Å²) in [5.74, 6) is 0. The van der Waals surface area contributed by atoms with Gasteiger partial charge in [0, 0.05) is 0 Å². The van der Waals surface area contributed by atoms with Crippen molar-refractivity contribution in [2.45, 2.75) is 28.2 Å². The highest BCUT2D eigenvalue weighted by Crippen LogP contribution is 2.78. The normalized spacial score (nSPS) is 51.9. The molecule has 2 fully saturated rings. The maximum Gasteiger partial charge on any atom is 0.174 e. The van der Waals surface area contributed by atoms with Gasteiger partial charge >= 0.3 is 0 Å². The van der Waals surface area contributed by atoms with Crippen LogP contribution in [0.25, 0.3) is 0 Å². The molecule has 160 valence electrons. The van der Waals surface area contributed by atoms with Crippen molar-refractivity contribution in [3.63, 3.8) is 0 Å². The molecule has 5 rings (SSSR count). The number of alkyl halides is 8. The Balaban J connectivity index is 1.86. The van der Waals surface area contributed by atoms with Gasteiger partial charge in [-0.15, -0.1) is 46.4 Å². The van der Waals surface area contributed by atoms with E-state index in [1.54, 1.807) is 24.3 Å². The largest absolute Gasteiger partial charge is 0.174 e. The van der Waals surface area contributed by atoms with Gasteiger partial charge in [-0.3, -0.25) is 0 Å². The first-order valence-electron chi connectivity index (χ1n) is 8.09. The molecule has 0 nitrogen and oxygen atoms in total. The van der Waals surface area contributed by atoms with E-state index in [0.717, 1.165) is 0 Å². The average molecular weight is 646 g/mol. The van der Waals surface area contributed by atoms with E-state index in [-0.39, 0.29) is 20.1 Å². The standard InChI is InChI=1S/C18H4Cl12/c19-9-10(20)15(25)7-3-4-8-6(2-1-5(7)13(9,23)17(15,27)28)14(24)11(21)12(22)16(8,26)18(14,29)30/h1-4H/b2-1?,4-3?,5-1-,6-2+,7-3+,8-4-. The molecule has 0 aromatic rings. The minimum atomic E-state index is -1.78. The molecule has 0 saturated heterocycles. The fraction of sp³-hybridized carbons (Fsp3) is 0.333.